The predicted molar refractivity (Wildman–Crippen MR) is 86.7 cm³/mol. The van der Waals surface area contributed by atoms with Gasteiger partial charge in [-0.15, -0.1) is 0 Å². The highest BCUT2D eigenvalue weighted by Crippen LogP contribution is 2.36. The molecule has 110 valence electrons. The number of nitro benzene ring substituents is 1. The third-order valence-corrected chi connectivity index (χ3v) is 3.14. The van der Waals surface area contributed by atoms with E-state index in [1.165, 1.54) is 0 Å². The zero-order chi connectivity index (χ0) is 15.4. The molecule has 0 spiro atoms. The van der Waals surface area contributed by atoms with Gasteiger partial charge in [0.05, 0.1) is 16.3 Å². The van der Waals surface area contributed by atoms with Crippen molar-refractivity contribution in [3.63, 3.8) is 0 Å². The number of nitro groups is 1. The fourth-order valence-electron chi connectivity index (χ4n) is 2.16. The molecule has 0 aliphatic rings. The zero-order valence-corrected chi connectivity index (χ0v) is 12.3. The van der Waals surface area contributed by atoms with Gasteiger partial charge in [0.25, 0.3) is 0 Å². The molecule has 0 unspecified atom stereocenters. The van der Waals surface area contributed by atoms with Gasteiger partial charge in [-0.25, -0.2) is 0 Å². The quantitative estimate of drug-likeness (QED) is 0.650. The maximum absolute atomic E-state index is 11.3. The summed E-state index contributed by atoms with van der Waals surface area (Å²) < 4.78 is 0. The van der Waals surface area contributed by atoms with Gasteiger partial charge in [0, 0.05) is 21.1 Å². The molecule has 0 saturated heterocycles. The SMILES string of the molecule is CNc1cccc(Nc2ccccc2N(C)C)c1[N+](=O)[O-]. The summed E-state index contributed by atoms with van der Waals surface area (Å²) in [6.45, 7) is 0. The van der Waals surface area contributed by atoms with Gasteiger partial charge in [0.2, 0.25) is 0 Å². The molecule has 2 rings (SSSR count). The molecule has 0 aromatic heterocycles. The number of anilines is 4. The molecule has 2 N–H and O–H groups in total. The van der Waals surface area contributed by atoms with Crippen LogP contribution in [0.25, 0.3) is 0 Å². The third kappa shape index (κ3) is 3.05. The number of nitrogens with zero attached hydrogens (tertiary/aromatic N) is 2. The van der Waals surface area contributed by atoms with E-state index in [4.69, 9.17) is 0 Å². The number of rotatable bonds is 5. The van der Waals surface area contributed by atoms with Crippen molar-refractivity contribution in [2.45, 2.75) is 0 Å². The highest BCUT2D eigenvalue weighted by molar-refractivity contribution is 5.83. The predicted octanol–water partition coefficient (Wildman–Crippen LogP) is 3.45. The van der Waals surface area contributed by atoms with E-state index in [2.05, 4.69) is 10.6 Å². The summed E-state index contributed by atoms with van der Waals surface area (Å²) in [4.78, 5) is 12.9. The van der Waals surface area contributed by atoms with Gasteiger partial charge in [-0.3, -0.25) is 10.1 Å². The first kappa shape index (κ1) is 14.6. The van der Waals surface area contributed by atoms with Crippen LogP contribution in [0.4, 0.5) is 28.4 Å². The van der Waals surface area contributed by atoms with Gasteiger partial charge >= 0.3 is 5.69 Å². The van der Waals surface area contributed by atoms with Gasteiger partial charge in [-0.1, -0.05) is 18.2 Å². The van der Waals surface area contributed by atoms with Crippen molar-refractivity contribution in [3.05, 3.63) is 52.6 Å². The van der Waals surface area contributed by atoms with Crippen molar-refractivity contribution >= 4 is 28.4 Å². The molecule has 0 radical (unpaired) electrons. The summed E-state index contributed by atoms with van der Waals surface area (Å²) in [7, 11) is 5.53. The summed E-state index contributed by atoms with van der Waals surface area (Å²) in [6, 6.07) is 12.8. The molecule has 21 heavy (non-hydrogen) atoms. The Morgan fingerprint density at radius 1 is 1.00 bits per heavy atom. The largest absolute Gasteiger partial charge is 0.382 e. The van der Waals surface area contributed by atoms with Crippen LogP contribution in [0.2, 0.25) is 0 Å². The first-order chi connectivity index (χ1) is 10.0. The number of hydrogen-bond acceptors (Lipinski definition) is 5. The second-order valence-electron chi connectivity index (χ2n) is 4.75. The smallest absolute Gasteiger partial charge is 0.315 e. The Bertz CT molecular complexity index is 656. The van der Waals surface area contributed by atoms with E-state index >= 15 is 0 Å². The van der Waals surface area contributed by atoms with Crippen LogP contribution in [-0.4, -0.2) is 26.1 Å². The lowest BCUT2D eigenvalue weighted by Crippen LogP contribution is -2.11. The molecule has 0 aliphatic heterocycles. The van der Waals surface area contributed by atoms with Crippen molar-refractivity contribution in [1.29, 1.82) is 0 Å². The molecular weight excluding hydrogens is 268 g/mol. The molecule has 0 saturated carbocycles. The van der Waals surface area contributed by atoms with Crippen molar-refractivity contribution < 1.29 is 4.92 Å². The van der Waals surface area contributed by atoms with Gasteiger partial charge in [0.1, 0.15) is 11.4 Å². The van der Waals surface area contributed by atoms with Crippen molar-refractivity contribution in [3.8, 4) is 0 Å². The summed E-state index contributed by atoms with van der Waals surface area (Å²) in [5.41, 5.74) is 2.75. The topological polar surface area (TPSA) is 70.4 Å². The van der Waals surface area contributed by atoms with Crippen LogP contribution in [-0.2, 0) is 0 Å². The second-order valence-corrected chi connectivity index (χ2v) is 4.75. The van der Waals surface area contributed by atoms with E-state index in [9.17, 15) is 10.1 Å². The Labute approximate surface area is 123 Å². The first-order valence-electron chi connectivity index (χ1n) is 6.53. The van der Waals surface area contributed by atoms with Crippen molar-refractivity contribution in [2.75, 3.05) is 36.7 Å². The maximum atomic E-state index is 11.3. The Balaban J connectivity index is 2.48. The van der Waals surface area contributed by atoms with Crippen molar-refractivity contribution in [1.82, 2.24) is 0 Å². The Hall–Kier alpha value is -2.76. The lowest BCUT2D eigenvalue weighted by molar-refractivity contribution is -0.383. The van der Waals surface area contributed by atoms with Crippen LogP contribution in [0.15, 0.2) is 42.5 Å². The van der Waals surface area contributed by atoms with Crippen LogP contribution < -0.4 is 15.5 Å². The Morgan fingerprint density at radius 2 is 1.62 bits per heavy atom. The summed E-state index contributed by atoms with van der Waals surface area (Å²) >= 11 is 0. The fraction of sp³-hybridized carbons (Fsp3) is 0.200. The van der Waals surface area contributed by atoms with Crippen LogP contribution in [0.3, 0.4) is 0 Å². The van der Waals surface area contributed by atoms with Gasteiger partial charge in [-0.05, 0) is 24.3 Å². The van der Waals surface area contributed by atoms with Crippen LogP contribution in [0.1, 0.15) is 0 Å². The van der Waals surface area contributed by atoms with E-state index in [0.717, 1.165) is 11.4 Å². The van der Waals surface area contributed by atoms with Gasteiger partial charge < -0.3 is 15.5 Å². The average Bonchev–Trinajstić information content (AvgIpc) is 2.47. The van der Waals surface area contributed by atoms with E-state index in [1.807, 2.05) is 43.3 Å². The maximum Gasteiger partial charge on any atom is 0.315 e. The molecule has 6 heteroatoms. The Kier molecular flexibility index (Phi) is 4.27. The molecule has 6 nitrogen and oxygen atoms in total. The highest BCUT2D eigenvalue weighted by Gasteiger charge is 2.19. The molecule has 0 fully saturated rings. The standard InChI is InChI=1S/C15H18N4O2/c1-16-12-8-6-9-13(15(12)19(20)21)17-11-7-4-5-10-14(11)18(2)3/h4-10,16-17H,1-3H3. The monoisotopic (exact) mass is 286 g/mol. The third-order valence-electron chi connectivity index (χ3n) is 3.14. The zero-order valence-electron chi connectivity index (χ0n) is 12.3. The van der Waals surface area contributed by atoms with E-state index < -0.39 is 0 Å². The molecule has 0 amide bonds. The minimum atomic E-state index is -0.383. The molecule has 0 heterocycles. The van der Waals surface area contributed by atoms with Gasteiger partial charge in [0.15, 0.2) is 0 Å². The highest BCUT2D eigenvalue weighted by atomic mass is 16.6. The number of para-hydroxylation sites is 3. The fourth-order valence-corrected chi connectivity index (χ4v) is 2.16. The molecule has 0 bridgehead atoms. The van der Waals surface area contributed by atoms with E-state index in [0.29, 0.717) is 11.4 Å². The second kappa shape index (κ2) is 6.13. The van der Waals surface area contributed by atoms with E-state index in [1.54, 1.807) is 25.2 Å². The van der Waals surface area contributed by atoms with Gasteiger partial charge in [-0.2, -0.15) is 0 Å². The summed E-state index contributed by atoms with van der Waals surface area (Å²) in [5.74, 6) is 0. The number of benzene rings is 2. The molecule has 0 atom stereocenters. The number of nitrogens with one attached hydrogen (secondary N) is 2. The lowest BCUT2D eigenvalue weighted by Gasteiger charge is -2.18. The molecule has 0 aliphatic carbocycles. The minimum absolute atomic E-state index is 0.0357. The van der Waals surface area contributed by atoms with E-state index in [-0.39, 0.29) is 10.6 Å². The van der Waals surface area contributed by atoms with Crippen LogP contribution >= 0.6 is 0 Å². The van der Waals surface area contributed by atoms with Crippen molar-refractivity contribution in [2.24, 2.45) is 0 Å². The minimum Gasteiger partial charge on any atom is -0.382 e. The molecule has 2 aromatic rings. The molecule has 2 aromatic carbocycles. The van der Waals surface area contributed by atoms with Crippen LogP contribution in [0, 0.1) is 10.1 Å². The number of hydrogen-bond donors (Lipinski definition) is 2. The van der Waals surface area contributed by atoms with Crippen LogP contribution in [0.5, 0.6) is 0 Å². The summed E-state index contributed by atoms with van der Waals surface area (Å²) in [5, 5.41) is 17.3. The summed E-state index contributed by atoms with van der Waals surface area (Å²) in [6.07, 6.45) is 0. The lowest BCUT2D eigenvalue weighted by atomic mass is 10.2. The normalized spacial score (nSPS) is 10.0. The first-order valence-corrected chi connectivity index (χ1v) is 6.53. The Morgan fingerprint density at radius 3 is 2.24 bits per heavy atom. The molecular formula is C15H18N4O2. The average molecular weight is 286 g/mol.